The van der Waals surface area contributed by atoms with Crippen molar-refractivity contribution in [3.8, 4) is 5.75 Å². The van der Waals surface area contributed by atoms with E-state index in [4.69, 9.17) is 4.74 Å². The molecule has 2 saturated heterocycles. The van der Waals surface area contributed by atoms with Crippen LogP contribution < -0.4 is 10.1 Å². The van der Waals surface area contributed by atoms with Crippen molar-refractivity contribution in [2.24, 2.45) is 5.92 Å². The molecule has 2 fully saturated rings. The second-order valence-electron chi connectivity index (χ2n) is 8.85. The van der Waals surface area contributed by atoms with Crippen LogP contribution in [0.1, 0.15) is 47.8 Å². The van der Waals surface area contributed by atoms with Crippen molar-refractivity contribution in [1.29, 1.82) is 0 Å². The number of methoxy groups -OCH3 is 1. The van der Waals surface area contributed by atoms with Crippen LogP contribution >= 0.6 is 11.3 Å². The summed E-state index contributed by atoms with van der Waals surface area (Å²) < 4.78 is 19.0. The molecule has 3 heterocycles. The lowest BCUT2D eigenvalue weighted by Gasteiger charge is -2.41. The summed E-state index contributed by atoms with van der Waals surface area (Å²) in [5.74, 6) is -0.947. The molecule has 182 valence electrons. The first-order valence-corrected chi connectivity index (χ1v) is 12.6. The summed E-state index contributed by atoms with van der Waals surface area (Å²) in [5.41, 5.74) is -0.659. The van der Waals surface area contributed by atoms with Gasteiger partial charge in [-0.25, -0.2) is 9.18 Å². The number of carbonyl (C=O) groups is 3. The maximum Gasteiger partial charge on any atom is 0.325 e. The third kappa shape index (κ3) is 4.53. The molecule has 9 heteroatoms. The zero-order chi connectivity index (χ0) is 24.3. The number of nitrogens with one attached hydrogen (secondary N) is 1. The first kappa shape index (κ1) is 24.2. The van der Waals surface area contributed by atoms with Crippen LogP contribution in [-0.2, 0) is 11.2 Å². The number of thiophene rings is 1. The molecule has 2 aliphatic heterocycles. The van der Waals surface area contributed by atoms with Crippen LogP contribution in [0.4, 0.5) is 9.18 Å². The maximum absolute atomic E-state index is 14.1. The molecule has 1 aromatic carbocycles. The van der Waals surface area contributed by atoms with Gasteiger partial charge in [-0.1, -0.05) is 19.4 Å². The second-order valence-corrected chi connectivity index (χ2v) is 9.89. The Bertz CT molecular complexity index is 1050. The Kier molecular flexibility index (Phi) is 7.21. The number of hydrogen-bond donors (Lipinski definition) is 1. The van der Waals surface area contributed by atoms with Gasteiger partial charge in [-0.3, -0.25) is 14.5 Å². The van der Waals surface area contributed by atoms with E-state index in [0.717, 1.165) is 11.3 Å². The molecule has 1 unspecified atom stereocenters. The molecule has 0 saturated carbocycles. The fraction of sp³-hybridized carbons (Fsp3) is 0.480. The number of carbonyl (C=O) groups excluding carboxylic acids is 3. The Balaban J connectivity index is 1.43. The second kappa shape index (κ2) is 10.1. The molecule has 34 heavy (non-hydrogen) atoms. The summed E-state index contributed by atoms with van der Waals surface area (Å²) in [6.07, 6.45) is 3.15. The number of urea groups is 1. The van der Waals surface area contributed by atoms with Crippen LogP contribution in [0.3, 0.4) is 0 Å². The number of nitrogens with zero attached hydrogens (tertiary/aromatic N) is 2. The molecule has 1 atom stereocenters. The van der Waals surface area contributed by atoms with Gasteiger partial charge in [0.1, 0.15) is 5.54 Å². The standard InChI is InChI=1S/C25H30FN3O4S/c1-3-11-25(23(31)29(24(32)27-25)14-10-19-5-4-15-34-19)18-8-12-28(13-9-18)22(30)17-6-7-21(33-2)20(26)16-17/h4-7,15-16,18H,3,8-14H2,1-2H3,(H,27,32). The third-order valence-electron chi connectivity index (χ3n) is 6.89. The molecule has 0 spiro atoms. The largest absolute Gasteiger partial charge is 0.494 e. The Morgan fingerprint density at radius 2 is 2.03 bits per heavy atom. The minimum absolute atomic E-state index is 0.0627. The van der Waals surface area contributed by atoms with Crippen molar-refractivity contribution in [3.05, 3.63) is 52.0 Å². The van der Waals surface area contributed by atoms with Crippen molar-refractivity contribution in [2.75, 3.05) is 26.7 Å². The highest BCUT2D eigenvalue weighted by Gasteiger charge is 2.55. The van der Waals surface area contributed by atoms with Gasteiger partial charge in [0.25, 0.3) is 11.8 Å². The minimum atomic E-state index is -0.928. The van der Waals surface area contributed by atoms with Gasteiger partial charge in [-0.2, -0.15) is 0 Å². The van der Waals surface area contributed by atoms with Crippen molar-refractivity contribution in [3.63, 3.8) is 0 Å². The van der Waals surface area contributed by atoms with E-state index in [0.29, 0.717) is 45.3 Å². The molecule has 1 N–H and O–H groups in total. The predicted octanol–water partition coefficient (Wildman–Crippen LogP) is 4.08. The van der Waals surface area contributed by atoms with Gasteiger partial charge in [-0.15, -0.1) is 11.3 Å². The van der Waals surface area contributed by atoms with Gasteiger partial charge in [0, 0.05) is 30.1 Å². The number of hydrogen-bond acceptors (Lipinski definition) is 5. The fourth-order valence-electron chi connectivity index (χ4n) is 5.13. The molecule has 2 aromatic rings. The highest BCUT2D eigenvalue weighted by molar-refractivity contribution is 7.09. The first-order chi connectivity index (χ1) is 16.4. The lowest BCUT2D eigenvalue weighted by atomic mass is 9.74. The smallest absolute Gasteiger partial charge is 0.325 e. The molecule has 7 nitrogen and oxygen atoms in total. The van der Waals surface area contributed by atoms with Crippen molar-refractivity contribution in [2.45, 2.75) is 44.6 Å². The number of likely N-dealkylation sites (tertiary alicyclic amines) is 1. The van der Waals surface area contributed by atoms with Crippen LogP contribution in [-0.4, -0.2) is 59.9 Å². The van der Waals surface area contributed by atoms with E-state index in [2.05, 4.69) is 5.32 Å². The van der Waals surface area contributed by atoms with E-state index >= 15 is 0 Å². The van der Waals surface area contributed by atoms with Crippen molar-refractivity contribution in [1.82, 2.24) is 15.1 Å². The van der Waals surface area contributed by atoms with Gasteiger partial charge in [0.15, 0.2) is 11.6 Å². The zero-order valence-corrected chi connectivity index (χ0v) is 20.3. The Morgan fingerprint density at radius 1 is 1.26 bits per heavy atom. The highest BCUT2D eigenvalue weighted by atomic mass is 32.1. The number of halogens is 1. The molecule has 2 aliphatic rings. The SMILES string of the molecule is CCCC1(C2CCN(C(=O)c3ccc(OC)c(F)c3)CC2)NC(=O)N(CCc2cccs2)C1=O. The highest BCUT2D eigenvalue weighted by Crippen LogP contribution is 2.37. The molecule has 0 aliphatic carbocycles. The molecule has 1 aromatic heterocycles. The van der Waals surface area contributed by atoms with E-state index < -0.39 is 11.4 Å². The van der Waals surface area contributed by atoms with Gasteiger partial charge in [0.05, 0.1) is 7.11 Å². The Hall–Kier alpha value is -2.94. The lowest BCUT2D eigenvalue weighted by molar-refractivity contribution is -0.134. The predicted molar refractivity (Wildman–Crippen MR) is 127 cm³/mol. The van der Waals surface area contributed by atoms with Crippen LogP contribution in [0.5, 0.6) is 5.75 Å². The summed E-state index contributed by atoms with van der Waals surface area (Å²) in [4.78, 5) is 43.4. The molecule has 0 radical (unpaired) electrons. The average Bonchev–Trinajstić information content (AvgIpc) is 3.44. The van der Waals surface area contributed by atoms with Crippen molar-refractivity contribution < 1.29 is 23.5 Å². The van der Waals surface area contributed by atoms with E-state index in [9.17, 15) is 18.8 Å². The monoisotopic (exact) mass is 487 g/mol. The maximum atomic E-state index is 14.1. The molecular weight excluding hydrogens is 457 g/mol. The van der Waals surface area contributed by atoms with Crippen LogP contribution in [0, 0.1) is 11.7 Å². The fourth-order valence-corrected chi connectivity index (χ4v) is 5.82. The summed E-state index contributed by atoms with van der Waals surface area (Å²) in [6.45, 7) is 3.26. The first-order valence-electron chi connectivity index (χ1n) is 11.7. The summed E-state index contributed by atoms with van der Waals surface area (Å²) in [5, 5.41) is 5.02. The van der Waals surface area contributed by atoms with Gasteiger partial charge in [0.2, 0.25) is 0 Å². The Labute approximate surface area is 202 Å². The third-order valence-corrected chi connectivity index (χ3v) is 7.82. The normalized spacial score (nSPS) is 21.1. The average molecular weight is 488 g/mol. The van der Waals surface area contributed by atoms with Gasteiger partial charge < -0.3 is 15.0 Å². The van der Waals surface area contributed by atoms with E-state index in [1.165, 1.54) is 24.1 Å². The summed E-state index contributed by atoms with van der Waals surface area (Å²) >= 11 is 1.61. The van der Waals surface area contributed by atoms with E-state index in [-0.39, 0.29) is 35.1 Å². The van der Waals surface area contributed by atoms with Gasteiger partial charge >= 0.3 is 6.03 Å². The van der Waals surface area contributed by atoms with Gasteiger partial charge in [-0.05, 0) is 61.2 Å². The number of piperidine rings is 1. The molecule has 4 rings (SSSR count). The number of amides is 4. The quantitative estimate of drug-likeness (QED) is 0.569. The van der Waals surface area contributed by atoms with Crippen molar-refractivity contribution >= 4 is 29.2 Å². The molecular formula is C25H30FN3O4S. The number of benzene rings is 1. The molecule has 4 amide bonds. The lowest BCUT2D eigenvalue weighted by Crippen LogP contribution is -2.56. The van der Waals surface area contributed by atoms with E-state index in [1.54, 1.807) is 22.3 Å². The summed E-state index contributed by atoms with van der Waals surface area (Å²) in [7, 11) is 1.38. The van der Waals surface area contributed by atoms with E-state index in [1.807, 2.05) is 24.4 Å². The number of imide groups is 1. The van der Waals surface area contributed by atoms with Crippen LogP contribution in [0.25, 0.3) is 0 Å². The molecule has 0 bridgehead atoms. The minimum Gasteiger partial charge on any atom is -0.494 e. The number of ether oxygens (including phenoxy) is 1. The van der Waals surface area contributed by atoms with Crippen LogP contribution in [0.15, 0.2) is 35.7 Å². The van der Waals surface area contributed by atoms with Crippen LogP contribution in [0.2, 0.25) is 0 Å². The topological polar surface area (TPSA) is 79.0 Å². The summed E-state index contributed by atoms with van der Waals surface area (Å²) in [6, 6.07) is 7.83. The zero-order valence-electron chi connectivity index (χ0n) is 19.5. The number of rotatable bonds is 8. The Morgan fingerprint density at radius 3 is 2.65 bits per heavy atom.